The molecule has 2 aromatic heterocycles. The van der Waals surface area contributed by atoms with Gasteiger partial charge in [-0.25, -0.2) is 0 Å². The molecule has 0 atom stereocenters. The van der Waals surface area contributed by atoms with E-state index in [2.05, 4.69) is 20.8 Å². The van der Waals surface area contributed by atoms with Crippen LogP contribution in [0.25, 0.3) is 5.69 Å². The average Bonchev–Trinajstić information content (AvgIpc) is 3.36. The third-order valence-electron chi connectivity index (χ3n) is 3.64. The number of furan rings is 1. The van der Waals surface area contributed by atoms with Crippen LogP contribution in [-0.4, -0.2) is 45.4 Å². The SMILES string of the molecule is Cc1ccc(-n2cnnc2SCC(=O)NCCNC(=O)c2ccco2)cc1. The molecule has 0 fully saturated rings. The summed E-state index contributed by atoms with van der Waals surface area (Å²) >= 11 is 1.30. The van der Waals surface area contributed by atoms with Crippen LogP contribution in [0.4, 0.5) is 0 Å². The molecule has 2 amide bonds. The zero-order valence-electron chi connectivity index (χ0n) is 14.7. The van der Waals surface area contributed by atoms with Gasteiger partial charge in [0.15, 0.2) is 10.9 Å². The molecular formula is C18H19N5O3S. The van der Waals surface area contributed by atoms with Crippen molar-refractivity contribution in [3.63, 3.8) is 0 Å². The van der Waals surface area contributed by atoms with Gasteiger partial charge in [0.05, 0.1) is 12.0 Å². The van der Waals surface area contributed by atoms with Crippen molar-refractivity contribution in [1.29, 1.82) is 0 Å². The first-order valence-corrected chi connectivity index (χ1v) is 9.30. The number of aromatic nitrogens is 3. The Labute approximate surface area is 160 Å². The van der Waals surface area contributed by atoms with Gasteiger partial charge in [-0.2, -0.15) is 0 Å². The number of carbonyl (C=O) groups excluding carboxylic acids is 2. The van der Waals surface area contributed by atoms with Crippen molar-refractivity contribution in [3.8, 4) is 5.69 Å². The third-order valence-corrected chi connectivity index (χ3v) is 4.58. The van der Waals surface area contributed by atoms with Crippen LogP contribution < -0.4 is 10.6 Å². The number of aryl methyl sites for hydroxylation is 1. The molecule has 1 aromatic carbocycles. The molecule has 0 aliphatic heterocycles. The highest BCUT2D eigenvalue weighted by Crippen LogP contribution is 2.19. The van der Waals surface area contributed by atoms with Gasteiger partial charge in [0.2, 0.25) is 5.91 Å². The Kier molecular flexibility index (Phi) is 6.26. The molecule has 3 rings (SSSR count). The maximum absolute atomic E-state index is 12.0. The van der Waals surface area contributed by atoms with Crippen molar-refractivity contribution < 1.29 is 14.0 Å². The Hall–Kier alpha value is -3.07. The number of thioether (sulfide) groups is 1. The summed E-state index contributed by atoms with van der Waals surface area (Å²) < 4.78 is 6.82. The molecule has 0 radical (unpaired) electrons. The molecule has 0 saturated carbocycles. The predicted molar refractivity (Wildman–Crippen MR) is 101 cm³/mol. The van der Waals surface area contributed by atoms with Crippen LogP contribution in [0.1, 0.15) is 16.1 Å². The van der Waals surface area contributed by atoms with Crippen molar-refractivity contribution in [3.05, 3.63) is 60.3 Å². The van der Waals surface area contributed by atoms with Gasteiger partial charge < -0.3 is 15.1 Å². The van der Waals surface area contributed by atoms with E-state index in [0.29, 0.717) is 18.2 Å². The Morgan fingerprint density at radius 2 is 1.93 bits per heavy atom. The van der Waals surface area contributed by atoms with E-state index in [1.54, 1.807) is 18.5 Å². The van der Waals surface area contributed by atoms with Crippen LogP contribution >= 0.6 is 11.8 Å². The molecule has 2 N–H and O–H groups in total. The fourth-order valence-corrected chi connectivity index (χ4v) is 3.02. The van der Waals surface area contributed by atoms with E-state index in [0.717, 1.165) is 5.69 Å². The van der Waals surface area contributed by atoms with E-state index in [1.165, 1.54) is 23.6 Å². The van der Waals surface area contributed by atoms with Crippen molar-refractivity contribution in [2.45, 2.75) is 12.1 Å². The molecule has 0 aliphatic rings. The summed E-state index contributed by atoms with van der Waals surface area (Å²) in [6.07, 6.45) is 3.05. The molecule has 9 heteroatoms. The molecule has 0 unspecified atom stereocenters. The van der Waals surface area contributed by atoms with E-state index in [9.17, 15) is 9.59 Å². The summed E-state index contributed by atoms with van der Waals surface area (Å²) in [5, 5.41) is 14.0. The minimum atomic E-state index is -0.310. The van der Waals surface area contributed by atoms with E-state index in [-0.39, 0.29) is 23.3 Å². The molecule has 2 heterocycles. The van der Waals surface area contributed by atoms with Crippen molar-refractivity contribution in [1.82, 2.24) is 25.4 Å². The Balaban J connectivity index is 1.41. The largest absolute Gasteiger partial charge is 0.459 e. The maximum atomic E-state index is 12.0. The van der Waals surface area contributed by atoms with Gasteiger partial charge in [0, 0.05) is 18.8 Å². The third kappa shape index (κ3) is 5.20. The van der Waals surface area contributed by atoms with Gasteiger partial charge in [0.25, 0.3) is 5.91 Å². The van der Waals surface area contributed by atoms with Crippen molar-refractivity contribution in [2.24, 2.45) is 0 Å². The zero-order chi connectivity index (χ0) is 19.1. The normalized spacial score (nSPS) is 10.6. The Morgan fingerprint density at radius 1 is 1.15 bits per heavy atom. The van der Waals surface area contributed by atoms with Crippen LogP contribution in [0.3, 0.4) is 0 Å². The first kappa shape index (κ1) is 18.7. The van der Waals surface area contributed by atoms with E-state index in [4.69, 9.17) is 4.42 Å². The summed E-state index contributed by atoms with van der Waals surface area (Å²) in [4.78, 5) is 23.7. The number of nitrogens with zero attached hydrogens (tertiary/aromatic N) is 3. The number of amides is 2. The van der Waals surface area contributed by atoms with Gasteiger partial charge in [-0.05, 0) is 31.2 Å². The number of rotatable bonds is 8. The summed E-state index contributed by atoms with van der Waals surface area (Å²) in [7, 11) is 0. The van der Waals surface area contributed by atoms with Crippen molar-refractivity contribution in [2.75, 3.05) is 18.8 Å². The second-order valence-corrected chi connectivity index (χ2v) is 6.63. The Morgan fingerprint density at radius 3 is 2.67 bits per heavy atom. The molecular weight excluding hydrogens is 366 g/mol. The summed E-state index contributed by atoms with van der Waals surface area (Å²) in [5.41, 5.74) is 2.11. The topological polar surface area (TPSA) is 102 Å². The van der Waals surface area contributed by atoms with Gasteiger partial charge in [0.1, 0.15) is 6.33 Å². The van der Waals surface area contributed by atoms with Crippen LogP contribution in [0.15, 0.2) is 58.6 Å². The van der Waals surface area contributed by atoms with Gasteiger partial charge in [-0.3, -0.25) is 14.2 Å². The number of hydrogen-bond donors (Lipinski definition) is 2. The monoisotopic (exact) mass is 385 g/mol. The Bertz CT molecular complexity index is 890. The molecule has 140 valence electrons. The molecule has 3 aromatic rings. The van der Waals surface area contributed by atoms with Crippen molar-refractivity contribution >= 4 is 23.6 Å². The quantitative estimate of drug-likeness (QED) is 0.453. The van der Waals surface area contributed by atoms with Crippen LogP contribution in [0.5, 0.6) is 0 Å². The molecule has 8 nitrogen and oxygen atoms in total. The van der Waals surface area contributed by atoms with Gasteiger partial charge >= 0.3 is 0 Å². The smallest absolute Gasteiger partial charge is 0.287 e. The fraction of sp³-hybridized carbons (Fsp3) is 0.222. The van der Waals surface area contributed by atoms with E-state index >= 15 is 0 Å². The van der Waals surface area contributed by atoms with Gasteiger partial charge in [-0.1, -0.05) is 29.5 Å². The second-order valence-electron chi connectivity index (χ2n) is 5.69. The lowest BCUT2D eigenvalue weighted by Gasteiger charge is -2.08. The van der Waals surface area contributed by atoms with Gasteiger partial charge in [-0.15, -0.1) is 10.2 Å². The number of benzene rings is 1. The fourth-order valence-electron chi connectivity index (χ4n) is 2.26. The van der Waals surface area contributed by atoms with E-state index < -0.39 is 0 Å². The minimum Gasteiger partial charge on any atom is -0.459 e. The highest BCUT2D eigenvalue weighted by molar-refractivity contribution is 7.99. The minimum absolute atomic E-state index is 0.147. The molecule has 0 aliphatic carbocycles. The number of hydrogen-bond acceptors (Lipinski definition) is 6. The standard InChI is InChI=1S/C18H19N5O3S/c1-13-4-6-14(7-5-13)23-12-21-22-18(23)27-11-16(24)19-8-9-20-17(25)15-3-2-10-26-15/h2-7,10,12H,8-9,11H2,1H3,(H,19,24)(H,20,25). The molecule has 0 bridgehead atoms. The van der Waals surface area contributed by atoms with Crippen LogP contribution in [0, 0.1) is 6.92 Å². The number of carbonyl (C=O) groups is 2. The second kappa shape index (κ2) is 9.04. The zero-order valence-corrected chi connectivity index (χ0v) is 15.5. The lowest BCUT2D eigenvalue weighted by molar-refractivity contribution is -0.118. The molecule has 0 spiro atoms. The lowest BCUT2D eigenvalue weighted by Crippen LogP contribution is -2.35. The van der Waals surface area contributed by atoms with Crippen LogP contribution in [-0.2, 0) is 4.79 Å². The highest BCUT2D eigenvalue weighted by Gasteiger charge is 2.11. The molecule has 27 heavy (non-hydrogen) atoms. The van der Waals surface area contributed by atoms with Crippen LogP contribution in [0.2, 0.25) is 0 Å². The maximum Gasteiger partial charge on any atom is 0.287 e. The first-order chi connectivity index (χ1) is 13.1. The predicted octanol–water partition coefficient (Wildman–Crippen LogP) is 1.81. The molecule has 0 saturated heterocycles. The average molecular weight is 385 g/mol. The first-order valence-electron chi connectivity index (χ1n) is 8.32. The number of nitrogens with one attached hydrogen (secondary N) is 2. The summed E-state index contributed by atoms with van der Waals surface area (Å²) in [6.45, 7) is 2.67. The summed E-state index contributed by atoms with van der Waals surface area (Å²) in [6, 6.07) is 11.2. The summed E-state index contributed by atoms with van der Waals surface area (Å²) in [5.74, 6) is -0.00991. The highest BCUT2D eigenvalue weighted by atomic mass is 32.2. The van der Waals surface area contributed by atoms with E-state index in [1.807, 2.05) is 35.8 Å². The lowest BCUT2D eigenvalue weighted by atomic mass is 10.2.